The number of ether oxygens (including phenoxy) is 1. The van der Waals surface area contributed by atoms with Crippen LogP contribution in [0.25, 0.3) is 0 Å². The van der Waals surface area contributed by atoms with E-state index in [2.05, 4.69) is 35.0 Å². The second-order valence-corrected chi connectivity index (χ2v) is 4.27. The Bertz CT molecular complexity index is 303. The lowest BCUT2D eigenvalue weighted by atomic mass is 9.96. The van der Waals surface area contributed by atoms with Gasteiger partial charge in [0.25, 0.3) is 0 Å². The predicted molar refractivity (Wildman–Crippen MR) is 56.9 cm³/mol. The van der Waals surface area contributed by atoms with Gasteiger partial charge in [0.2, 0.25) is 0 Å². The van der Waals surface area contributed by atoms with Gasteiger partial charge >= 0.3 is 0 Å². The van der Waals surface area contributed by atoms with Gasteiger partial charge in [-0.3, -0.25) is 0 Å². The highest BCUT2D eigenvalue weighted by molar-refractivity contribution is 9.10. The summed E-state index contributed by atoms with van der Waals surface area (Å²) in [5, 5.41) is 0. The lowest BCUT2D eigenvalue weighted by Gasteiger charge is -2.19. The van der Waals surface area contributed by atoms with Gasteiger partial charge in [0, 0.05) is 4.47 Å². The van der Waals surface area contributed by atoms with Crippen molar-refractivity contribution < 1.29 is 4.74 Å². The van der Waals surface area contributed by atoms with Crippen LogP contribution in [0.5, 0.6) is 0 Å². The van der Waals surface area contributed by atoms with Crippen molar-refractivity contribution in [3.63, 3.8) is 0 Å². The summed E-state index contributed by atoms with van der Waals surface area (Å²) in [5.41, 5.74) is 4.29. The number of fused-ring (bicyclic) bond motifs is 1. The van der Waals surface area contributed by atoms with Crippen molar-refractivity contribution in [2.24, 2.45) is 0 Å². The van der Waals surface area contributed by atoms with Crippen LogP contribution in [0.4, 0.5) is 0 Å². The zero-order valence-corrected chi connectivity index (χ0v) is 9.36. The first-order valence-corrected chi connectivity index (χ1v) is 5.48. The molecule has 0 unspecified atom stereocenters. The van der Waals surface area contributed by atoms with Crippen LogP contribution in [0.3, 0.4) is 0 Å². The molecule has 0 spiro atoms. The Kier molecular flexibility index (Phi) is 2.70. The number of hydrogen-bond acceptors (Lipinski definition) is 1. The molecule has 13 heavy (non-hydrogen) atoms. The van der Waals surface area contributed by atoms with Crippen molar-refractivity contribution in [2.45, 2.75) is 26.4 Å². The van der Waals surface area contributed by atoms with Crippen LogP contribution in [0.15, 0.2) is 16.6 Å². The zero-order chi connectivity index (χ0) is 9.26. The van der Waals surface area contributed by atoms with Crippen LogP contribution in [0.2, 0.25) is 0 Å². The van der Waals surface area contributed by atoms with Gasteiger partial charge in [-0.15, -0.1) is 0 Å². The maximum atomic E-state index is 5.46. The molecule has 70 valence electrons. The van der Waals surface area contributed by atoms with E-state index in [1.165, 1.54) is 21.2 Å². The molecule has 1 aromatic carbocycles. The van der Waals surface area contributed by atoms with E-state index in [0.29, 0.717) is 0 Å². The highest BCUT2D eigenvalue weighted by atomic mass is 79.9. The highest BCUT2D eigenvalue weighted by Crippen LogP contribution is 2.25. The largest absolute Gasteiger partial charge is 0.376 e. The molecular formula is C11H13BrO. The van der Waals surface area contributed by atoms with Gasteiger partial charge in [0.05, 0.1) is 13.2 Å². The maximum Gasteiger partial charge on any atom is 0.0722 e. The molecule has 0 N–H and O–H groups in total. The predicted octanol–water partition coefficient (Wildman–Crippen LogP) is 3.08. The number of aryl methyl sites for hydroxylation is 1. The fraction of sp³-hybridized carbons (Fsp3) is 0.455. The van der Waals surface area contributed by atoms with E-state index in [9.17, 15) is 0 Å². The summed E-state index contributed by atoms with van der Waals surface area (Å²) < 4.78 is 6.66. The molecule has 0 radical (unpaired) electrons. The molecule has 1 aliphatic heterocycles. The monoisotopic (exact) mass is 240 g/mol. The summed E-state index contributed by atoms with van der Waals surface area (Å²) in [6, 6.07) is 4.42. The quantitative estimate of drug-likeness (QED) is 0.734. The summed E-state index contributed by atoms with van der Waals surface area (Å²) in [6.07, 6.45) is 2.15. The van der Waals surface area contributed by atoms with E-state index < -0.39 is 0 Å². The van der Waals surface area contributed by atoms with Crippen LogP contribution in [0, 0.1) is 0 Å². The molecular weight excluding hydrogens is 228 g/mol. The van der Waals surface area contributed by atoms with Gasteiger partial charge in [0.1, 0.15) is 0 Å². The second-order valence-electron chi connectivity index (χ2n) is 3.36. The molecule has 0 aliphatic carbocycles. The van der Waals surface area contributed by atoms with Crippen LogP contribution >= 0.6 is 15.9 Å². The summed E-state index contributed by atoms with van der Waals surface area (Å²) in [6.45, 7) is 3.86. The third-order valence-electron chi connectivity index (χ3n) is 2.54. The molecule has 0 saturated carbocycles. The van der Waals surface area contributed by atoms with Crippen molar-refractivity contribution in [2.75, 3.05) is 6.61 Å². The molecule has 1 aliphatic rings. The Morgan fingerprint density at radius 3 is 3.08 bits per heavy atom. The molecule has 0 bridgehead atoms. The van der Waals surface area contributed by atoms with E-state index in [1.807, 2.05) is 0 Å². The summed E-state index contributed by atoms with van der Waals surface area (Å²) in [5.74, 6) is 0. The normalized spacial score (nSPS) is 15.5. The Labute approximate surface area is 87.2 Å². The smallest absolute Gasteiger partial charge is 0.0722 e. The molecule has 0 amide bonds. The van der Waals surface area contributed by atoms with E-state index in [0.717, 1.165) is 26.1 Å². The Morgan fingerprint density at radius 1 is 1.46 bits per heavy atom. The van der Waals surface area contributed by atoms with E-state index >= 15 is 0 Å². The van der Waals surface area contributed by atoms with Gasteiger partial charge in [0.15, 0.2) is 0 Å². The molecule has 0 aromatic heterocycles. The third kappa shape index (κ3) is 1.79. The molecule has 2 rings (SSSR count). The molecule has 1 aromatic rings. The summed E-state index contributed by atoms with van der Waals surface area (Å²) >= 11 is 3.54. The Morgan fingerprint density at radius 2 is 2.31 bits per heavy atom. The van der Waals surface area contributed by atoms with Gasteiger partial charge in [-0.2, -0.15) is 0 Å². The van der Waals surface area contributed by atoms with Crippen LogP contribution < -0.4 is 0 Å². The van der Waals surface area contributed by atoms with Crippen molar-refractivity contribution in [3.05, 3.63) is 33.3 Å². The number of benzene rings is 1. The SMILES string of the molecule is CCc1cc(Br)cc2c1COCC2. The van der Waals surface area contributed by atoms with Crippen molar-refractivity contribution in [1.29, 1.82) is 0 Å². The maximum absolute atomic E-state index is 5.46. The zero-order valence-electron chi connectivity index (χ0n) is 7.77. The van der Waals surface area contributed by atoms with Crippen LogP contribution in [-0.2, 0) is 24.2 Å². The minimum Gasteiger partial charge on any atom is -0.376 e. The summed E-state index contributed by atoms with van der Waals surface area (Å²) in [7, 11) is 0. The van der Waals surface area contributed by atoms with E-state index in [-0.39, 0.29) is 0 Å². The minimum atomic E-state index is 0.797. The molecule has 0 saturated heterocycles. The van der Waals surface area contributed by atoms with Crippen LogP contribution in [-0.4, -0.2) is 6.61 Å². The minimum absolute atomic E-state index is 0.797. The number of rotatable bonds is 1. The fourth-order valence-corrected chi connectivity index (χ4v) is 2.39. The van der Waals surface area contributed by atoms with Gasteiger partial charge in [-0.1, -0.05) is 22.9 Å². The Hall–Kier alpha value is -0.340. The first kappa shape index (κ1) is 9.22. The summed E-state index contributed by atoms with van der Waals surface area (Å²) in [4.78, 5) is 0. The molecule has 1 heterocycles. The molecule has 2 heteroatoms. The lowest BCUT2D eigenvalue weighted by molar-refractivity contribution is 0.110. The van der Waals surface area contributed by atoms with Gasteiger partial charge in [-0.25, -0.2) is 0 Å². The molecule has 0 fully saturated rings. The van der Waals surface area contributed by atoms with Crippen LogP contribution in [0.1, 0.15) is 23.6 Å². The number of halogens is 1. The fourth-order valence-electron chi connectivity index (χ4n) is 1.84. The van der Waals surface area contributed by atoms with Crippen molar-refractivity contribution >= 4 is 15.9 Å². The first-order chi connectivity index (χ1) is 6.31. The highest BCUT2D eigenvalue weighted by Gasteiger charge is 2.13. The van der Waals surface area contributed by atoms with E-state index in [1.54, 1.807) is 0 Å². The van der Waals surface area contributed by atoms with E-state index in [4.69, 9.17) is 4.74 Å². The number of hydrogen-bond donors (Lipinski definition) is 0. The van der Waals surface area contributed by atoms with Crippen molar-refractivity contribution in [1.82, 2.24) is 0 Å². The van der Waals surface area contributed by atoms with Crippen molar-refractivity contribution in [3.8, 4) is 0 Å². The topological polar surface area (TPSA) is 9.23 Å². The molecule has 0 atom stereocenters. The Balaban J connectivity index is 2.50. The van der Waals surface area contributed by atoms with Gasteiger partial charge < -0.3 is 4.74 Å². The third-order valence-corrected chi connectivity index (χ3v) is 3.00. The average molecular weight is 241 g/mol. The lowest BCUT2D eigenvalue weighted by Crippen LogP contribution is -2.12. The first-order valence-electron chi connectivity index (χ1n) is 4.69. The molecule has 1 nitrogen and oxygen atoms in total. The van der Waals surface area contributed by atoms with Gasteiger partial charge in [-0.05, 0) is 41.7 Å². The average Bonchev–Trinajstić information content (AvgIpc) is 2.16. The second kappa shape index (κ2) is 3.81. The standard InChI is InChI=1S/C11H13BrO/c1-2-8-5-10(12)6-9-3-4-13-7-11(8)9/h5-6H,2-4,7H2,1H3.